The van der Waals surface area contributed by atoms with E-state index in [1.807, 2.05) is 11.8 Å². The van der Waals surface area contributed by atoms with Crippen LogP contribution in [0.15, 0.2) is 12.4 Å². The van der Waals surface area contributed by atoms with Crippen molar-refractivity contribution in [1.29, 1.82) is 0 Å². The summed E-state index contributed by atoms with van der Waals surface area (Å²) >= 11 is 1.90. The average Bonchev–Trinajstić information content (AvgIpc) is 2.29. The molecule has 0 saturated carbocycles. The molecule has 0 aromatic carbocycles. The smallest absolute Gasteiger partial charge is 0.158 e. The van der Waals surface area contributed by atoms with Crippen molar-refractivity contribution in [3.8, 4) is 0 Å². The van der Waals surface area contributed by atoms with Gasteiger partial charge in [0.2, 0.25) is 0 Å². The van der Waals surface area contributed by atoms with Gasteiger partial charge in [-0.15, -0.1) is 0 Å². The Balaban J connectivity index is 2.31. The molecule has 1 heterocycles. The van der Waals surface area contributed by atoms with Crippen LogP contribution < -0.4 is 11.3 Å². The first-order valence-corrected chi connectivity index (χ1v) is 6.27. The van der Waals surface area contributed by atoms with Gasteiger partial charge in [0.25, 0.3) is 0 Å². The fraction of sp³-hybridized carbons (Fsp3) is 0.600. The normalized spacial score (nSPS) is 12.5. The van der Waals surface area contributed by atoms with Gasteiger partial charge in [0, 0.05) is 5.75 Å². The van der Waals surface area contributed by atoms with Crippen LogP contribution >= 0.6 is 11.8 Å². The molecule has 0 aliphatic heterocycles. The predicted molar refractivity (Wildman–Crippen MR) is 65.5 cm³/mol. The summed E-state index contributed by atoms with van der Waals surface area (Å²) in [5.41, 5.74) is 3.46. The van der Waals surface area contributed by atoms with Crippen LogP contribution in [0.1, 0.15) is 26.0 Å². The maximum atomic E-state index is 5.20. The number of nitrogens with one attached hydrogen (secondary N) is 1. The van der Waals surface area contributed by atoms with Crippen LogP contribution in [0.5, 0.6) is 0 Å². The molecule has 0 aliphatic carbocycles. The summed E-state index contributed by atoms with van der Waals surface area (Å²) in [5, 5.41) is 0. The molecule has 15 heavy (non-hydrogen) atoms. The maximum Gasteiger partial charge on any atom is 0.158 e. The quantitative estimate of drug-likeness (QED) is 0.574. The highest BCUT2D eigenvalue weighted by Gasteiger charge is 2.01. The van der Waals surface area contributed by atoms with Gasteiger partial charge in [0.1, 0.15) is 0 Å². The van der Waals surface area contributed by atoms with Crippen molar-refractivity contribution >= 4 is 17.6 Å². The van der Waals surface area contributed by atoms with Gasteiger partial charge < -0.3 is 5.43 Å². The Morgan fingerprint density at radius 1 is 1.47 bits per heavy atom. The summed E-state index contributed by atoms with van der Waals surface area (Å²) in [5.74, 6) is 8.67. The molecule has 1 atom stereocenters. The van der Waals surface area contributed by atoms with E-state index >= 15 is 0 Å². The van der Waals surface area contributed by atoms with E-state index in [4.69, 9.17) is 5.84 Å². The summed E-state index contributed by atoms with van der Waals surface area (Å²) in [7, 11) is 0. The first kappa shape index (κ1) is 12.3. The SMILES string of the molecule is CCC(C)CSCc1cnc(NN)cn1. The zero-order valence-electron chi connectivity index (χ0n) is 9.23. The molecule has 5 heteroatoms. The third-order valence-electron chi connectivity index (χ3n) is 2.20. The lowest BCUT2D eigenvalue weighted by molar-refractivity contribution is 0.637. The second kappa shape index (κ2) is 6.63. The van der Waals surface area contributed by atoms with Gasteiger partial charge in [0.15, 0.2) is 5.82 Å². The van der Waals surface area contributed by atoms with Gasteiger partial charge in [-0.3, -0.25) is 4.98 Å². The Morgan fingerprint density at radius 3 is 2.80 bits per heavy atom. The molecule has 0 bridgehead atoms. The van der Waals surface area contributed by atoms with E-state index in [0.717, 1.165) is 17.4 Å². The van der Waals surface area contributed by atoms with Crippen molar-refractivity contribution in [3.63, 3.8) is 0 Å². The van der Waals surface area contributed by atoms with Crippen molar-refractivity contribution in [2.75, 3.05) is 11.2 Å². The highest BCUT2D eigenvalue weighted by atomic mass is 32.2. The van der Waals surface area contributed by atoms with Crippen LogP contribution in [-0.2, 0) is 5.75 Å². The lowest BCUT2D eigenvalue weighted by atomic mass is 10.2. The fourth-order valence-corrected chi connectivity index (χ4v) is 2.10. The van der Waals surface area contributed by atoms with E-state index in [1.54, 1.807) is 12.4 Å². The molecule has 1 rings (SSSR count). The van der Waals surface area contributed by atoms with Crippen LogP contribution in [0.3, 0.4) is 0 Å². The summed E-state index contributed by atoms with van der Waals surface area (Å²) in [4.78, 5) is 8.35. The maximum absolute atomic E-state index is 5.20. The topological polar surface area (TPSA) is 63.8 Å². The van der Waals surface area contributed by atoms with Crippen molar-refractivity contribution in [2.45, 2.75) is 26.0 Å². The zero-order valence-corrected chi connectivity index (χ0v) is 10.0. The van der Waals surface area contributed by atoms with Crippen molar-refractivity contribution < 1.29 is 0 Å². The monoisotopic (exact) mass is 226 g/mol. The van der Waals surface area contributed by atoms with Crippen molar-refractivity contribution in [3.05, 3.63) is 18.1 Å². The van der Waals surface area contributed by atoms with Crippen molar-refractivity contribution in [2.24, 2.45) is 11.8 Å². The highest BCUT2D eigenvalue weighted by molar-refractivity contribution is 7.98. The van der Waals surface area contributed by atoms with E-state index in [0.29, 0.717) is 5.82 Å². The summed E-state index contributed by atoms with van der Waals surface area (Å²) < 4.78 is 0. The van der Waals surface area contributed by atoms with Crippen molar-refractivity contribution in [1.82, 2.24) is 9.97 Å². The van der Waals surface area contributed by atoms with Gasteiger partial charge in [-0.2, -0.15) is 11.8 Å². The van der Waals surface area contributed by atoms with E-state index in [1.165, 1.54) is 12.2 Å². The number of rotatable bonds is 6. The van der Waals surface area contributed by atoms with Crippen LogP contribution in [-0.4, -0.2) is 15.7 Å². The summed E-state index contributed by atoms with van der Waals surface area (Å²) in [6.45, 7) is 4.48. The van der Waals surface area contributed by atoms with Gasteiger partial charge in [-0.05, 0) is 11.7 Å². The van der Waals surface area contributed by atoms with Crippen LogP contribution in [0.2, 0.25) is 0 Å². The zero-order chi connectivity index (χ0) is 11.1. The Labute approximate surface area is 95.0 Å². The van der Waals surface area contributed by atoms with Gasteiger partial charge in [-0.25, -0.2) is 10.8 Å². The van der Waals surface area contributed by atoms with E-state index < -0.39 is 0 Å². The second-order valence-electron chi connectivity index (χ2n) is 3.57. The Bertz CT molecular complexity index is 275. The molecule has 4 nitrogen and oxygen atoms in total. The Kier molecular flexibility index (Phi) is 5.42. The first-order valence-electron chi connectivity index (χ1n) is 5.11. The minimum absolute atomic E-state index is 0.602. The number of nitrogens with two attached hydrogens (primary N) is 1. The molecule has 0 aliphatic rings. The summed E-state index contributed by atoms with van der Waals surface area (Å²) in [6, 6.07) is 0. The number of hydrogen-bond acceptors (Lipinski definition) is 5. The number of anilines is 1. The van der Waals surface area contributed by atoms with Crippen LogP contribution in [0.4, 0.5) is 5.82 Å². The number of aromatic nitrogens is 2. The average molecular weight is 226 g/mol. The minimum atomic E-state index is 0.602. The molecule has 0 saturated heterocycles. The molecule has 0 amide bonds. The molecule has 0 radical (unpaired) electrons. The fourth-order valence-electron chi connectivity index (χ4n) is 0.986. The standard InChI is InChI=1S/C10H18N4S/c1-3-8(2)6-15-7-9-4-13-10(14-11)5-12-9/h4-5,8H,3,6-7,11H2,1-2H3,(H,13,14). The van der Waals surface area contributed by atoms with E-state index in [-0.39, 0.29) is 0 Å². The molecule has 84 valence electrons. The first-order chi connectivity index (χ1) is 7.26. The Hall–Kier alpha value is -0.810. The largest absolute Gasteiger partial charge is 0.307 e. The molecule has 0 spiro atoms. The molecule has 1 aromatic heterocycles. The highest BCUT2D eigenvalue weighted by Crippen LogP contribution is 2.15. The number of hydrogen-bond donors (Lipinski definition) is 2. The van der Waals surface area contributed by atoms with Gasteiger partial charge >= 0.3 is 0 Å². The van der Waals surface area contributed by atoms with E-state index in [9.17, 15) is 0 Å². The number of hydrazine groups is 1. The molecular weight excluding hydrogens is 208 g/mol. The predicted octanol–water partition coefficient (Wildman–Crippen LogP) is 2.04. The lowest BCUT2D eigenvalue weighted by Gasteiger charge is -2.07. The second-order valence-corrected chi connectivity index (χ2v) is 4.60. The molecule has 0 fully saturated rings. The van der Waals surface area contributed by atoms with E-state index in [2.05, 4.69) is 29.2 Å². The van der Waals surface area contributed by atoms with Gasteiger partial charge in [0.05, 0.1) is 18.1 Å². The number of nitrogen functional groups attached to an aromatic ring is 1. The molecule has 3 N–H and O–H groups in total. The summed E-state index contributed by atoms with van der Waals surface area (Å²) in [6.07, 6.45) is 4.65. The third kappa shape index (κ3) is 4.48. The minimum Gasteiger partial charge on any atom is -0.307 e. The third-order valence-corrected chi connectivity index (χ3v) is 3.51. The molecule has 1 aromatic rings. The lowest BCUT2D eigenvalue weighted by Crippen LogP contribution is -2.09. The number of thioether (sulfide) groups is 1. The van der Waals surface area contributed by atoms with Crippen LogP contribution in [0.25, 0.3) is 0 Å². The number of nitrogens with zero attached hydrogens (tertiary/aromatic N) is 2. The molecular formula is C10H18N4S. The van der Waals surface area contributed by atoms with Crippen LogP contribution in [0, 0.1) is 5.92 Å². The molecule has 1 unspecified atom stereocenters. The Morgan fingerprint density at radius 2 is 2.27 bits per heavy atom. The van der Waals surface area contributed by atoms with Gasteiger partial charge in [-0.1, -0.05) is 20.3 Å².